The van der Waals surface area contributed by atoms with E-state index in [9.17, 15) is 13.2 Å². The Bertz CT molecular complexity index is 1030. The van der Waals surface area contributed by atoms with E-state index in [4.69, 9.17) is 14.2 Å². The molecule has 1 amide bonds. The third-order valence-electron chi connectivity index (χ3n) is 5.88. The third kappa shape index (κ3) is 4.02. The van der Waals surface area contributed by atoms with Gasteiger partial charge in [-0.15, -0.1) is 0 Å². The van der Waals surface area contributed by atoms with Gasteiger partial charge in [0.25, 0.3) is 5.91 Å². The molecular formula is C22H25NO6S. The molecule has 4 rings (SSSR count). The van der Waals surface area contributed by atoms with Crippen LogP contribution in [-0.4, -0.2) is 46.6 Å². The molecule has 2 aromatic rings. The lowest BCUT2D eigenvalue weighted by Crippen LogP contribution is -2.44. The molecule has 0 saturated carbocycles. The van der Waals surface area contributed by atoms with Gasteiger partial charge >= 0.3 is 0 Å². The van der Waals surface area contributed by atoms with E-state index >= 15 is 0 Å². The maximum atomic E-state index is 12.7. The van der Waals surface area contributed by atoms with Crippen LogP contribution in [0.15, 0.2) is 47.4 Å². The second kappa shape index (κ2) is 8.28. The number of ether oxygens (including phenoxy) is 3. The van der Waals surface area contributed by atoms with Gasteiger partial charge in [-0.1, -0.05) is 13.0 Å². The summed E-state index contributed by atoms with van der Waals surface area (Å²) < 4.78 is 40.4. The number of carbonyl (C=O) groups is 1. The summed E-state index contributed by atoms with van der Waals surface area (Å²) in [5.41, 5.74) is 1.25. The lowest BCUT2D eigenvalue weighted by atomic mass is 9.74. The molecular weight excluding hydrogens is 406 g/mol. The third-order valence-corrected chi connectivity index (χ3v) is 7.63. The van der Waals surface area contributed by atoms with Gasteiger partial charge in [-0.2, -0.15) is 0 Å². The quantitative estimate of drug-likeness (QED) is 0.756. The molecule has 2 aliphatic heterocycles. The fourth-order valence-corrected chi connectivity index (χ4v) is 4.77. The van der Waals surface area contributed by atoms with E-state index < -0.39 is 9.84 Å². The Morgan fingerprint density at radius 1 is 1.03 bits per heavy atom. The summed E-state index contributed by atoms with van der Waals surface area (Å²) in [6, 6.07) is 12.0. The number of amides is 1. The van der Waals surface area contributed by atoms with Gasteiger partial charge < -0.3 is 19.5 Å². The van der Waals surface area contributed by atoms with Crippen LogP contribution in [0, 0.1) is 0 Å². The Hall–Kier alpha value is -2.58. The monoisotopic (exact) mass is 431 g/mol. The zero-order valence-corrected chi connectivity index (χ0v) is 17.7. The first kappa shape index (κ1) is 20.7. The molecule has 2 aliphatic rings. The van der Waals surface area contributed by atoms with Crippen LogP contribution in [0.4, 0.5) is 0 Å². The molecule has 8 heteroatoms. The normalized spacial score (nSPS) is 17.5. The maximum Gasteiger partial charge on any atom is 0.251 e. The number of sulfone groups is 1. The largest absolute Gasteiger partial charge is 0.454 e. The van der Waals surface area contributed by atoms with Crippen molar-refractivity contribution in [2.75, 3.05) is 32.3 Å². The van der Waals surface area contributed by atoms with Crippen molar-refractivity contribution in [1.82, 2.24) is 5.32 Å². The number of hydrogen-bond acceptors (Lipinski definition) is 6. The number of benzene rings is 2. The number of hydrogen-bond donors (Lipinski definition) is 1. The first-order chi connectivity index (χ1) is 14.4. The van der Waals surface area contributed by atoms with Crippen LogP contribution in [0.2, 0.25) is 0 Å². The van der Waals surface area contributed by atoms with Crippen LogP contribution in [0.1, 0.15) is 35.7 Å². The van der Waals surface area contributed by atoms with Crippen molar-refractivity contribution in [1.29, 1.82) is 0 Å². The second-order valence-corrected chi connectivity index (χ2v) is 9.85. The van der Waals surface area contributed by atoms with Crippen molar-refractivity contribution < 1.29 is 27.4 Å². The van der Waals surface area contributed by atoms with E-state index in [2.05, 4.69) is 5.32 Å². The molecule has 1 saturated heterocycles. The van der Waals surface area contributed by atoms with Gasteiger partial charge in [-0.3, -0.25) is 4.79 Å². The standard InChI is InChI=1S/C22H25NO6S/c1-2-30(25,26)18-6-3-16(4-7-18)21(24)23-14-22(9-11-27-12-10-22)17-5-8-19-20(13-17)29-15-28-19/h3-8,13H,2,9-12,14-15H2,1H3,(H,23,24). The molecule has 0 radical (unpaired) electrons. The molecule has 160 valence electrons. The molecule has 0 aliphatic carbocycles. The summed E-state index contributed by atoms with van der Waals surface area (Å²) in [7, 11) is -3.29. The highest BCUT2D eigenvalue weighted by Gasteiger charge is 2.36. The van der Waals surface area contributed by atoms with Crippen LogP contribution in [0.5, 0.6) is 11.5 Å². The number of rotatable bonds is 6. The van der Waals surface area contributed by atoms with Gasteiger partial charge in [-0.05, 0) is 54.8 Å². The van der Waals surface area contributed by atoms with Crippen LogP contribution < -0.4 is 14.8 Å². The van der Waals surface area contributed by atoms with Gasteiger partial charge in [0.2, 0.25) is 6.79 Å². The van der Waals surface area contributed by atoms with Crippen molar-refractivity contribution in [2.45, 2.75) is 30.1 Å². The number of nitrogens with one attached hydrogen (secondary N) is 1. The minimum absolute atomic E-state index is 0.0265. The van der Waals surface area contributed by atoms with Gasteiger partial charge in [0.1, 0.15) is 0 Å². The Balaban J connectivity index is 1.51. The smallest absolute Gasteiger partial charge is 0.251 e. The van der Waals surface area contributed by atoms with Crippen LogP contribution >= 0.6 is 0 Å². The van der Waals surface area contributed by atoms with Crippen LogP contribution in [0.3, 0.4) is 0 Å². The van der Waals surface area contributed by atoms with Crippen LogP contribution in [0.25, 0.3) is 0 Å². The first-order valence-electron chi connectivity index (χ1n) is 10.0. The molecule has 30 heavy (non-hydrogen) atoms. The van der Waals surface area contributed by atoms with E-state index in [1.807, 2.05) is 18.2 Å². The predicted octanol–water partition coefficient (Wildman–Crippen LogP) is 2.69. The second-order valence-electron chi connectivity index (χ2n) is 7.57. The zero-order chi connectivity index (χ0) is 21.2. The molecule has 0 aromatic heterocycles. The molecule has 2 aromatic carbocycles. The summed E-state index contributed by atoms with van der Waals surface area (Å²) in [5, 5.41) is 3.03. The van der Waals surface area contributed by atoms with Crippen molar-refractivity contribution in [2.24, 2.45) is 0 Å². The Morgan fingerprint density at radius 2 is 1.73 bits per heavy atom. The fraction of sp³-hybridized carbons (Fsp3) is 0.409. The highest BCUT2D eigenvalue weighted by Crippen LogP contribution is 2.40. The topological polar surface area (TPSA) is 90.9 Å². The average Bonchev–Trinajstić information content (AvgIpc) is 3.26. The number of fused-ring (bicyclic) bond motifs is 1. The van der Waals surface area contributed by atoms with Gasteiger partial charge in [-0.25, -0.2) is 8.42 Å². The van der Waals surface area contributed by atoms with Crippen molar-refractivity contribution in [3.05, 3.63) is 53.6 Å². The SMILES string of the molecule is CCS(=O)(=O)c1ccc(C(=O)NCC2(c3ccc4c(c3)OCO4)CCOCC2)cc1. The van der Waals surface area contributed by atoms with Crippen molar-refractivity contribution in [3.8, 4) is 11.5 Å². The van der Waals surface area contributed by atoms with Crippen LogP contribution in [-0.2, 0) is 20.0 Å². The maximum absolute atomic E-state index is 12.7. The molecule has 0 atom stereocenters. The molecule has 1 fully saturated rings. The highest BCUT2D eigenvalue weighted by molar-refractivity contribution is 7.91. The Morgan fingerprint density at radius 3 is 2.43 bits per heavy atom. The molecule has 0 bridgehead atoms. The molecule has 2 heterocycles. The average molecular weight is 432 g/mol. The molecule has 0 spiro atoms. The molecule has 1 N–H and O–H groups in total. The van der Waals surface area contributed by atoms with Gasteiger partial charge in [0.15, 0.2) is 21.3 Å². The minimum atomic E-state index is -3.29. The van der Waals surface area contributed by atoms with Gasteiger partial charge in [0, 0.05) is 30.7 Å². The summed E-state index contributed by atoms with van der Waals surface area (Å²) in [6.07, 6.45) is 1.56. The fourth-order valence-electron chi connectivity index (χ4n) is 3.89. The van der Waals surface area contributed by atoms with Gasteiger partial charge in [0.05, 0.1) is 10.6 Å². The molecule has 7 nitrogen and oxygen atoms in total. The summed E-state index contributed by atoms with van der Waals surface area (Å²) in [5.74, 6) is 1.24. The predicted molar refractivity (Wildman–Crippen MR) is 111 cm³/mol. The first-order valence-corrected chi connectivity index (χ1v) is 11.7. The van der Waals surface area contributed by atoms with Crippen molar-refractivity contribution >= 4 is 15.7 Å². The molecule has 0 unspecified atom stereocenters. The van der Waals surface area contributed by atoms with E-state index in [0.717, 1.165) is 29.9 Å². The van der Waals surface area contributed by atoms with E-state index in [1.54, 1.807) is 19.1 Å². The minimum Gasteiger partial charge on any atom is -0.454 e. The number of carbonyl (C=O) groups excluding carboxylic acids is 1. The lowest BCUT2D eigenvalue weighted by Gasteiger charge is -2.38. The van der Waals surface area contributed by atoms with Crippen molar-refractivity contribution in [3.63, 3.8) is 0 Å². The van der Waals surface area contributed by atoms with E-state index in [-0.39, 0.29) is 28.8 Å². The Kier molecular flexibility index (Phi) is 5.71. The van der Waals surface area contributed by atoms with E-state index in [1.165, 1.54) is 12.1 Å². The zero-order valence-electron chi connectivity index (χ0n) is 16.8. The van der Waals surface area contributed by atoms with E-state index in [0.29, 0.717) is 25.3 Å². The Labute approximate surface area is 176 Å². The highest BCUT2D eigenvalue weighted by atomic mass is 32.2. The lowest BCUT2D eigenvalue weighted by molar-refractivity contribution is 0.0486. The summed E-state index contributed by atoms with van der Waals surface area (Å²) in [4.78, 5) is 13.0. The summed E-state index contributed by atoms with van der Waals surface area (Å²) in [6.45, 7) is 3.50. The summed E-state index contributed by atoms with van der Waals surface area (Å²) >= 11 is 0.